The molecule has 132 valence electrons. The van der Waals surface area contributed by atoms with E-state index in [1.165, 1.54) is 10.8 Å². The fourth-order valence-corrected chi connectivity index (χ4v) is 2.72. The highest BCUT2D eigenvalue weighted by Crippen LogP contribution is 2.27. The summed E-state index contributed by atoms with van der Waals surface area (Å²) in [5, 5.41) is 21.6. The van der Waals surface area contributed by atoms with Gasteiger partial charge < -0.3 is 20.3 Å². The first-order valence-electron chi connectivity index (χ1n) is 7.90. The number of amides is 1. The van der Waals surface area contributed by atoms with Gasteiger partial charge in [0.05, 0.1) is 12.7 Å². The van der Waals surface area contributed by atoms with Crippen LogP contribution in [-0.4, -0.2) is 44.5 Å². The third-order valence-electron chi connectivity index (χ3n) is 4.10. The Labute approximate surface area is 143 Å². The highest BCUT2D eigenvalue weighted by Gasteiger charge is 2.35. The number of carbonyl (C=O) groups is 1. The summed E-state index contributed by atoms with van der Waals surface area (Å²) in [4.78, 5) is 28.4. The summed E-state index contributed by atoms with van der Waals surface area (Å²) in [6, 6.07) is 8.61. The van der Waals surface area contributed by atoms with Crippen molar-refractivity contribution in [2.75, 3.05) is 11.9 Å². The molecule has 3 atom stereocenters. The van der Waals surface area contributed by atoms with Gasteiger partial charge in [0.2, 0.25) is 0 Å². The van der Waals surface area contributed by atoms with Crippen molar-refractivity contribution in [2.24, 2.45) is 0 Å². The van der Waals surface area contributed by atoms with E-state index in [0.29, 0.717) is 11.1 Å². The zero-order chi connectivity index (χ0) is 18.0. The van der Waals surface area contributed by atoms with E-state index in [0.717, 1.165) is 0 Å². The summed E-state index contributed by atoms with van der Waals surface area (Å²) in [5.41, 5.74) is 0.431. The zero-order valence-corrected chi connectivity index (χ0v) is 13.6. The van der Waals surface area contributed by atoms with Crippen LogP contribution in [-0.2, 0) is 4.74 Å². The molecule has 0 radical (unpaired) electrons. The number of aromatic nitrogens is 2. The molecule has 1 saturated heterocycles. The molecule has 1 amide bonds. The number of carbonyl (C=O) groups excluding carboxylic acids is 1. The molecular weight excluding hydrogens is 326 g/mol. The van der Waals surface area contributed by atoms with Gasteiger partial charge in [0.1, 0.15) is 18.1 Å². The van der Waals surface area contributed by atoms with Crippen LogP contribution < -0.4 is 11.0 Å². The molecule has 8 nitrogen and oxygen atoms in total. The van der Waals surface area contributed by atoms with Gasteiger partial charge in [-0.3, -0.25) is 9.36 Å². The summed E-state index contributed by atoms with van der Waals surface area (Å²) in [6.07, 6.45) is -0.575. The molecule has 8 heteroatoms. The predicted molar refractivity (Wildman–Crippen MR) is 89.2 cm³/mol. The second-order valence-electron chi connectivity index (χ2n) is 5.90. The van der Waals surface area contributed by atoms with Crippen molar-refractivity contribution in [3.63, 3.8) is 0 Å². The minimum atomic E-state index is -0.848. The first-order chi connectivity index (χ1) is 12.0. The number of ether oxygens (including phenoxy) is 1. The van der Waals surface area contributed by atoms with Crippen molar-refractivity contribution >= 4 is 11.7 Å². The number of benzene rings is 1. The monoisotopic (exact) mass is 345 g/mol. The SMILES string of the molecule is Cc1cn([C@H]2C[C@H](O)[C@@H](CO)O2)c(=O)nc1NC(=O)c1ccccc1. The number of anilines is 1. The highest BCUT2D eigenvalue weighted by atomic mass is 16.5. The van der Waals surface area contributed by atoms with Crippen molar-refractivity contribution in [2.45, 2.75) is 31.8 Å². The number of aliphatic hydroxyl groups excluding tert-OH is 2. The van der Waals surface area contributed by atoms with Crippen molar-refractivity contribution in [3.8, 4) is 0 Å². The van der Waals surface area contributed by atoms with Crippen LogP contribution >= 0.6 is 0 Å². The summed E-state index contributed by atoms with van der Waals surface area (Å²) in [6.45, 7) is 1.38. The summed E-state index contributed by atoms with van der Waals surface area (Å²) in [7, 11) is 0. The second-order valence-corrected chi connectivity index (χ2v) is 5.90. The van der Waals surface area contributed by atoms with Crippen LogP contribution in [0.4, 0.5) is 5.82 Å². The Bertz CT molecular complexity index is 821. The van der Waals surface area contributed by atoms with E-state index in [2.05, 4.69) is 10.3 Å². The van der Waals surface area contributed by atoms with Crippen molar-refractivity contribution in [1.29, 1.82) is 0 Å². The fraction of sp³-hybridized carbons (Fsp3) is 0.353. The lowest BCUT2D eigenvalue weighted by Crippen LogP contribution is -2.29. The van der Waals surface area contributed by atoms with Crippen molar-refractivity contribution in [3.05, 3.63) is 58.1 Å². The van der Waals surface area contributed by atoms with E-state index in [9.17, 15) is 14.7 Å². The van der Waals surface area contributed by atoms with Crippen LogP contribution in [0.1, 0.15) is 28.6 Å². The molecule has 0 spiro atoms. The number of aryl methyl sites for hydroxylation is 1. The molecule has 1 fully saturated rings. The standard InChI is InChI=1S/C17H19N3O5/c1-10-8-20(14-7-12(22)13(9-21)25-14)17(24)19-15(10)18-16(23)11-5-3-2-4-6-11/h2-6,8,12-14,21-22H,7,9H2,1H3,(H,18,19,23,24)/t12-,13+,14+/m0/s1. The molecular formula is C17H19N3O5. The quantitative estimate of drug-likeness (QED) is 0.741. The Kier molecular flexibility index (Phi) is 4.93. The highest BCUT2D eigenvalue weighted by molar-refractivity contribution is 6.03. The number of rotatable bonds is 4. The Morgan fingerprint density at radius 2 is 2.12 bits per heavy atom. The van der Waals surface area contributed by atoms with Gasteiger partial charge in [-0.2, -0.15) is 4.98 Å². The molecule has 1 aromatic carbocycles. The molecule has 0 bridgehead atoms. The Morgan fingerprint density at radius 3 is 2.76 bits per heavy atom. The molecule has 0 aliphatic carbocycles. The van der Waals surface area contributed by atoms with E-state index in [4.69, 9.17) is 9.84 Å². The van der Waals surface area contributed by atoms with E-state index in [1.807, 2.05) is 0 Å². The van der Waals surface area contributed by atoms with Gasteiger partial charge in [-0.25, -0.2) is 4.79 Å². The lowest BCUT2D eigenvalue weighted by molar-refractivity contribution is -0.0459. The molecule has 3 rings (SSSR count). The number of hydrogen-bond donors (Lipinski definition) is 3. The van der Waals surface area contributed by atoms with Gasteiger partial charge in [0, 0.05) is 23.7 Å². The minimum absolute atomic E-state index is 0.173. The van der Waals surface area contributed by atoms with Gasteiger partial charge in [-0.1, -0.05) is 18.2 Å². The average molecular weight is 345 g/mol. The maximum atomic E-state index is 12.3. The van der Waals surface area contributed by atoms with Crippen LogP contribution in [0.15, 0.2) is 41.3 Å². The first-order valence-corrected chi connectivity index (χ1v) is 7.90. The summed E-state index contributed by atoms with van der Waals surface area (Å²) < 4.78 is 6.73. The topological polar surface area (TPSA) is 114 Å². The second kappa shape index (κ2) is 7.14. The number of hydrogen-bond acceptors (Lipinski definition) is 6. The maximum Gasteiger partial charge on any atom is 0.351 e. The Hall–Kier alpha value is -2.55. The molecule has 1 aromatic heterocycles. The Morgan fingerprint density at radius 1 is 1.40 bits per heavy atom. The van der Waals surface area contributed by atoms with Crippen molar-refractivity contribution < 1.29 is 19.7 Å². The first kappa shape index (κ1) is 17.3. The van der Waals surface area contributed by atoms with Gasteiger partial charge in [0.15, 0.2) is 0 Å². The predicted octanol–water partition coefficient (Wildman–Crippen LogP) is 0.445. The van der Waals surface area contributed by atoms with Crippen LogP contribution in [0, 0.1) is 6.92 Å². The van der Waals surface area contributed by atoms with Crippen LogP contribution in [0.2, 0.25) is 0 Å². The molecule has 0 unspecified atom stereocenters. The van der Waals surface area contributed by atoms with Crippen molar-refractivity contribution in [1.82, 2.24) is 9.55 Å². The summed E-state index contributed by atoms with van der Waals surface area (Å²) in [5.74, 6) is -0.186. The zero-order valence-electron chi connectivity index (χ0n) is 13.6. The van der Waals surface area contributed by atoms with Crippen LogP contribution in [0.25, 0.3) is 0 Å². The third kappa shape index (κ3) is 3.60. The largest absolute Gasteiger partial charge is 0.394 e. The normalized spacial score (nSPS) is 22.8. The van der Waals surface area contributed by atoms with E-state index in [-0.39, 0.29) is 24.8 Å². The average Bonchev–Trinajstić information content (AvgIpc) is 2.99. The molecule has 3 N–H and O–H groups in total. The summed E-state index contributed by atoms with van der Waals surface area (Å²) >= 11 is 0. The molecule has 2 aromatic rings. The number of nitrogens with one attached hydrogen (secondary N) is 1. The van der Waals surface area contributed by atoms with Gasteiger partial charge in [0.25, 0.3) is 5.91 Å². The number of nitrogens with zero attached hydrogens (tertiary/aromatic N) is 2. The van der Waals surface area contributed by atoms with Gasteiger partial charge in [-0.05, 0) is 19.1 Å². The van der Waals surface area contributed by atoms with E-state index >= 15 is 0 Å². The molecule has 2 heterocycles. The lowest BCUT2D eigenvalue weighted by atomic mass is 10.2. The fourth-order valence-electron chi connectivity index (χ4n) is 2.72. The minimum Gasteiger partial charge on any atom is -0.394 e. The Balaban J connectivity index is 1.81. The van der Waals surface area contributed by atoms with Crippen LogP contribution in [0.5, 0.6) is 0 Å². The lowest BCUT2D eigenvalue weighted by Gasteiger charge is -2.16. The molecule has 0 saturated carbocycles. The smallest absolute Gasteiger partial charge is 0.351 e. The van der Waals surface area contributed by atoms with Crippen LogP contribution in [0.3, 0.4) is 0 Å². The third-order valence-corrected chi connectivity index (χ3v) is 4.10. The molecule has 1 aliphatic rings. The van der Waals surface area contributed by atoms with E-state index < -0.39 is 24.1 Å². The van der Waals surface area contributed by atoms with E-state index in [1.54, 1.807) is 37.3 Å². The maximum absolute atomic E-state index is 12.3. The van der Waals surface area contributed by atoms with Gasteiger partial charge in [-0.15, -0.1) is 0 Å². The number of aliphatic hydroxyl groups is 2. The molecule has 25 heavy (non-hydrogen) atoms. The molecule has 1 aliphatic heterocycles. The van der Waals surface area contributed by atoms with Gasteiger partial charge >= 0.3 is 5.69 Å².